The van der Waals surface area contributed by atoms with Gasteiger partial charge in [-0.3, -0.25) is 9.69 Å². The summed E-state index contributed by atoms with van der Waals surface area (Å²) >= 11 is 0. The van der Waals surface area contributed by atoms with Crippen molar-refractivity contribution >= 4 is 25.1 Å². The van der Waals surface area contributed by atoms with Crippen LogP contribution in [0.15, 0.2) is 60.7 Å². The monoisotopic (exact) mass is 410 g/mol. The van der Waals surface area contributed by atoms with Crippen LogP contribution in [0.1, 0.15) is 27.2 Å². The summed E-state index contributed by atoms with van der Waals surface area (Å²) in [6, 6.07) is 22.1. The lowest BCUT2D eigenvalue weighted by molar-refractivity contribution is -0.141. The highest BCUT2D eigenvalue weighted by molar-refractivity contribution is 6.86. The molecular formula is C24H34N2O2Si. The zero-order chi connectivity index (χ0) is 20.9. The number of rotatable bonds is 6. The number of benzene rings is 2. The Balaban J connectivity index is 1.95. The molecule has 29 heavy (non-hydrogen) atoms. The van der Waals surface area contributed by atoms with Crippen LogP contribution in [0.4, 0.5) is 0 Å². The largest absolute Gasteiger partial charge is 0.469 e. The average Bonchev–Trinajstić information content (AvgIpc) is 2.73. The van der Waals surface area contributed by atoms with Crippen LogP contribution in [0.25, 0.3) is 0 Å². The zero-order valence-electron chi connectivity index (χ0n) is 18.2. The molecule has 5 heteroatoms. The van der Waals surface area contributed by atoms with Gasteiger partial charge in [-0.05, 0) is 20.8 Å². The lowest BCUT2D eigenvalue weighted by Crippen LogP contribution is -2.69. The van der Waals surface area contributed by atoms with E-state index in [1.165, 1.54) is 17.5 Å². The molecule has 1 fully saturated rings. The number of hydrogen-bond donors (Lipinski definition) is 0. The van der Waals surface area contributed by atoms with Gasteiger partial charge in [0.2, 0.25) is 0 Å². The highest BCUT2D eigenvalue weighted by Crippen LogP contribution is 2.23. The number of esters is 1. The van der Waals surface area contributed by atoms with Crippen LogP contribution in [0.5, 0.6) is 0 Å². The molecule has 0 saturated carbocycles. The predicted molar refractivity (Wildman–Crippen MR) is 123 cm³/mol. The second kappa shape index (κ2) is 9.70. The fourth-order valence-electron chi connectivity index (χ4n) is 4.50. The van der Waals surface area contributed by atoms with E-state index in [4.69, 9.17) is 4.74 Å². The molecule has 0 aliphatic carbocycles. The first-order chi connectivity index (χ1) is 13.9. The van der Waals surface area contributed by atoms with Crippen molar-refractivity contribution in [1.82, 2.24) is 9.80 Å². The Kier molecular flexibility index (Phi) is 7.27. The summed E-state index contributed by atoms with van der Waals surface area (Å²) in [6.07, 6.45) is 0.460. The Bertz CT molecular complexity index is 737. The van der Waals surface area contributed by atoms with Gasteiger partial charge < -0.3 is 9.64 Å². The molecule has 0 radical (unpaired) electrons. The number of carbonyl (C=O) groups is 1. The molecule has 2 aromatic carbocycles. The Hall–Kier alpha value is -1.95. The summed E-state index contributed by atoms with van der Waals surface area (Å²) < 4.78 is 4.86. The van der Waals surface area contributed by atoms with E-state index in [0.717, 1.165) is 26.2 Å². The van der Waals surface area contributed by atoms with Crippen molar-refractivity contribution < 1.29 is 9.53 Å². The highest BCUT2D eigenvalue weighted by atomic mass is 28.3. The summed E-state index contributed by atoms with van der Waals surface area (Å²) in [4.78, 5) is 16.8. The highest BCUT2D eigenvalue weighted by Gasteiger charge is 2.40. The molecule has 0 amide bonds. The molecule has 2 aromatic rings. The van der Waals surface area contributed by atoms with E-state index in [9.17, 15) is 4.79 Å². The van der Waals surface area contributed by atoms with Crippen LogP contribution in [0, 0.1) is 0 Å². The van der Waals surface area contributed by atoms with Gasteiger partial charge in [0.15, 0.2) is 0 Å². The minimum absolute atomic E-state index is 0.105. The van der Waals surface area contributed by atoms with Gasteiger partial charge in [0.05, 0.1) is 13.5 Å². The number of methoxy groups -OCH3 is 1. The maximum atomic E-state index is 11.7. The standard InChI is InChI=1S/C24H34N2O2Si/c1-24(2,3)26-18-17-25(16-15-23(27)28-4)19-22(26)29(20-11-7-5-8-12-20)21-13-9-6-10-14-21/h5-14,22,29H,15-19H2,1-4H3. The molecule has 0 spiro atoms. The van der Waals surface area contributed by atoms with Gasteiger partial charge in [-0.1, -0.05) is 71.0 Å². The topological polar surface area (TPSA) is 32.8 Å². The second-order valence-electron chi connectivity index (χ2n) is 8.86. The molecule has 0 N–H and O–H groups in total. The SMILES string of the molecule is COC(=O)CCN1CCN(C(C)(C)C)C([SiH](c2ccccc2)c2ccccc2)C1. The van der Waals surface area contributed by atoms with E-state index >= 15 is 0 Å². The number of nitrogens with zero attached hydrogens (tertiary/aromatic N) is 2. The van der Waals surface area contributed by atoms with Crippen LogP contribution in [-0.2, 0) is 9.53 Å². The van der Waals surface area contributed by atoms with Gasteiger partial charge in [-0.15, -0.1) is 0 Å². The first-order valence-corrected chi connectivity index (χ1v) is 12.4. The van der Waals surface area contributed by atoms with Crippen molar-refractivity contribution in [2.75, 3.05) is 33.3 Å². The molecule has 1 atom stereocenters. The lowest BCUT2D eigenvalue weighted by Gasteiger charge is -2.50. The quantitative estimate of drug-likeness (QED) is 0.538. The first-order valence-electron chi connectivity index (χ1n) is 10.6. The minimum atomic E-state index is -1.52. The van der Waals surface area contributed by atoms with E-state index in [1.54, 1.807) is 0 Å². The molecule has 1 heterocycles. The summed E-state index contributed by atoms with van der Waals surface area (Å²) in [6.45, 7) is 10.8. The van der Waals surface area contributed by atoms with Crippen LogP contribution in [0.2, 0.25) is 0 Å². The smallest absolute Gasteiger partial charge is 0.306 e. The number of carbonyl (C=O) groups excluding carboxylic acids is 1. The molecule has 156 valence electrons. The number of hydrogen-bond acceptors (Lipinski definition) is 4. The minimum Gasteiger partial charge on any atom is -0.469 e. The van der Waals surface area contributed by atoms with E-state index in [2.05, 4.69) is 91.2 Å². The molecule has 1 aliphatic rings. The van der Waals surface area contributed by atoms with Gasteiger partial charge in [0.25, 0.3) is 0 Å². The molecule has 1 saturated heterocycles. The molecule has 0 bridgehead atoms. The van der Waals surface area contributed by atoms with Gasteiger partial charge in [0.1, 0.15) is 8.80 Å². The van der Waals surface area contributed by atoms with Crippen molar-refractivity contribution in [1.29, 1.82) is 0 Å². The maximum absolute atomic E-state index is 11.7. The average molecular weight is 411 g/mol. The number of piperazine rings is 1. The Morgan fingerprint density at radius 3 is 2.03 bits per heavy atom. The van der Waals surface area contributed by atoms with Crippen LogP contribution in [0.3, 0.4) is 0 Å². The van der Waals surface area contributed by atoms with Gasteiger partial charge in [-0.25, -0.2) is 0 Å². The van der Waals surface area contributed by atoms with Gasteiger partial charge in [0, 0.05) is 37.4 Å². The van der Waals surface area contributed by atoms with Crippen LogP contribution in [-0.4, -0.2) is 69.1 Å². The van der Waals surface area contributed by atoms with Gasteiger partial charge >= 0.3 is 5.97 Å². The van der Waals surface area contributed by atoms with Crippen molar-refractivity contribution in [2.24, 2.45) is 0 Å². The molecule has 3 rings (SSSR count). The van der Waals surface area contributed by atoms with Crippen LogP contribution >= 0.6 is 0 Å². The summed E-state index contributed by atoms with van der Waals surface area (Å²) in [5.74, 6) is -0.125. The normalized spacial score (nSPS) is 18.7. The molecule has 1 aliphatic heterocycles. The van der Waals surface area contributed by atoms with Crippen molar-refractivity contribution in [3.05, 3.63) is 60.7 Å². The zero-order valence-corrected chi connectivity index (χ0v) is 19.3. The van der Waals surface area contributed by atoms with Gasteiger partial charge in [-0.2, -0.15) is 0 Å². The van der Waals surface area contributed by atoms with Crippen molar-refractivity contribution in [3.8, 4) is 0 Å². The van der Waals surface area contributed by atoms with E-state index < -0.39 is 8.80 Å². The second-order valence-corrected chi connectivity index (χ2v) is 11.9. The third kappa shape index (κ3) is 5.56. The molecule has 4 nitrogen and oxygen atoms in total. The Labute approximate surface area is 177 Å². The lowest BCUT2D eigenvalue weighted by atomic mass is 10.0. The van der Waals surface area contributed by atoms with Crippen molar-refractivity contribution in [2.45, 2.75) is 38.4 Å². The van der Waals surface area contributed by atoms with E-state index in [0.29, 0.717) is 12.1 Å². The third-order valence-electron chi connectivity index (χ3n) is 5.93. The number of ether oxygens (including phenoxy) is 1. The maximum Gasteiger partial charge on any atom is 0.306 e. The fraction of sp³-hybridized carbons (Fsp3) is 0.458. The summed E-state index contributed by atoms with van der Waals surface area (Å²) in [7, 11) is -0.0480. The van der Waals surface area contributed by atoms with E-state index in [-0.39, 0.29) is 11.5 Å². The predicted octanol–water partition coefficient (Wildman–Crippen LogP) is 1.91. The van der Waals surface area contributed by atoms with Crippen molar-refractivity contribution in [3.63, 3.8) is 0 Å². The molecule has 1 unspecified atom stereocenters. The fourth-order valence-corrected chi connectivity index (χ4v) is 8.51. The Morgan fingerprint density at radius 1 is 1.00 bits per heavy atom. The Morgan fingerprint density at radius 2 is 1.55 bits per heavy atom. The molecular weight excluding hydrogens is 376 g/mol. The first kappa shape index (κ1) is 21.7. The summed E-state index contributed by atoms with van der Waals surface area (Å²) in [5.41, 5.74) is 0.569. The molecule has 0 aromatic heterocycles. The third-order valence-corrected chi connectivity index (χ3v) is 9.47. The van der Waals surface area contributed by atoms with Crippen LogP contribution < -0.4 is 10.4 Å². The van der Waals surface area contributed by atoms with E-state index in [1.807, 2.05) is 0 Å². The summed E-state index contributed by atoms with van der Waals surface area (Å²) in [5, 5.41) is 2.96.